The molecule has 2 fully saturated rings. The van der Waals surface area contributed by atoms with Gasteiger partial charge in [-0.15, -0.1) is 0 Å². The first-order chi connectivity index (χ1) is 14.4. The molecule has 2 atom stereocenters. The molecule has 1 aliphatic heterocycles. The molecule has 4 rings (SSSR count). The quantitative estimate of drug-likeness (QED) is 0.795. The van der Waals surface area contributed by atoms with E-state index in [0.717, 1.165) is 36.0 Å². The third-order valence-corrected chi connectivity index (χ3v) is 6.28. The molecule has 0 spiro atoms. The molecule has 2 aromatic carbocycles. The van der Waals surface area contributed by atoms with E-state index >= 15 is 0 Å². The lowest BCUT2D eigenvalue weighted by Gasteiger charge is -2.40. The third-order valence-electron chi connectivity index (χ3n) is 6.28. The normalized spacial score (nSPS) is 21.4. The molecule has 158 valence electrons. The fraction of sp³-hybridized carbons (Fsp3) is 0.440. The highest BCUT2D eigenvalue weighted by Crippen LogP contribution is 2.39. The molecule has 5 heteroatoms. The van der Waals surface area contributed by atoms with Crippen LogP contribution in [-0.4, -0.2) is 23.3 Å². The number of nitrogens with one attached hydrogen (secondary N) is 1. The molecule has 1 aliphatic carbocycles. The summed E-state index contributed by atoms with van der Waals surface area (Å²) in [5.74, 6) is -0.224. The second-order valence-corrected chi connectivity index (χ2v) is 8.77. The summed E-state index contributed by atoms with van der Waals surface area (Å²) in [6, 6.07) is 13.1. The third kappa shape index (κ3) is 4.55. The van der Waals surface area contributed by atoms with Crippen LogP contribution in [0.2, 0.25) is 0 Å². The van der Waals surface area contributed by atoms with Crippen LogP contribution in [0.3, 0.4) is 0 Å². The maximum atomic E-state index is 13.7. The molecule has 2 aliphatic rings. The van der Waals surface area contributed by atoms with Gasteiger partial charge in [-0.3, -0.25) is 9.59 Å². The van der Waals surface area contributed by atoms with Crippen molar-refractivity contribution >= 4 is 11.8 Å². The maximum absolute atomic E-state index is 13.7. The largest absolute Gasteiger partial charge is 0.352 e. The number of benzene rings is 2. The van der Waals surface area contributed by atoms with Crippen LogP contribution >= 0.6 is 0 Å². The molecule has 2 aromatic rings. The monoisotopic (exact) mass is 408 g/mol. The minimum atomic E-state index is -0.233. The van der Waals surface area contributed by atoms with E-state index in [1.807, 2.05) is 36.1 Å². The number of nitrogens with zero attached hydrogens (tertiary/aromatic N) is 1. The number of hydrogen-bond acceptors (Lipinski definition) is 2. The number of aryl methyl sites for hydroxylation is 2. The van der Waals surface area contributed by atoms with Crippen molar-refractivity contribution < 1.29 is 14.0 Å². The Balaban J connectivity index is 1.46. The van der Waals surface area contributed by atoms with E-state index in [4.69, 9.17) is 0 Å². The Labute approximate surface area is 177 Å². The Morgan fingerprint density at radius 2 is 1.80 bits per heavy atom. The lowest BCUT2D eigenvalue weighted by atomic mass is 9.87. The average molecular weight is 409 g/mol. The molecule has 1 saturated heterocycles. The van der Waals surface area contributed by atoms with E-state index < -0.39 is 0 Å². The van der Waals surface area contributed by atoms with Crippen molar-refractivity contribution in [3.8, 4) is 0 Å². The Hall–Kier alpha value is -2.69. The van der Waals surface area contributed by atoms with Gasteiger partial charge in [0.2, 0.25) is 11.8 Å². The molecular formula is C25H29FN2O2. The highest BCUT2D eigenvalue weighted by atomic mass is 19.1. The van der Waals surface area contributed by atoms with Crippen LogP contribution in [0, 0.1) is 31.5 Å². The minimum Gasteiger partial charge on any atom is -0.352 e. The topological polar surface area (TPSA) is 49.4 Å². The number of amides is 2. The first kappa shape index (κ1) is 20.6. The summed E-state index contributed by atoms with van der Waals surface area (Å²) in [4.78, 5) is 27.7. The van der Waals surface area contributed by atoms with Gasteiger partial charge >= 0.3 is 0 Å². The van der Waals surface area contributed by atoms with Crippen LogP contribution in [0.5, 0.6) is 0 Å². The molecule has 0 bridgehead atoms. The summed E-state index contributed by atoms with van der Waals surface area (Å²) in [6.45, 7) is 4.70. The summed E-state index contributed by atoms with van der Waals surface area (Å²) in [5, 5.41) is 3.04. The number of likely N-dealkylation sites (tertiary alicyclic amines) is 1. The van der Waals surface area contributed by atoms with Crippen LogP contribution < -0.4 is 5.32 Å². The lowest BCUT2D eigenvalue weighted by molar-refractivity contribution is -0.140. The predicted octanol–water partition coefficient (Wildman–Crippen LogP) is 4.45. The lowest BCUT2D eigenvalue weighted by Crippen LogP contribution is -2.47. The van der Waals surface area contributed by atoms with Crippen molar-refractivity contribution in [1.82, 2.24) is 10.2 Å². The Bertz CT molecular complexity index is 954. The average Bonchev–Trinajstić information content (AvgIpc) is 3.58. The van der Waals surface area contributed by atoms with Gasteiger partial charge < -0.3 is 10.2 Å². The van der Waals surface area contributed by atoms with E-state index in [0.29, 0.717) is 25.1 Å². The van der Waals surface area contributed by atoms with E-state index in [2.05, 4.69) is 11.4 Å². The number of rotatable bonds is 5. The first-order valence-electron chi connectivity index (χ1n) is 10.8. The van der Waals surface area contributed by atoms with Gasteiger partial charge in [0, 0.05) is 19.0 Å². The zero-order chi connectivity index (χ0) is 21.3. The summed E-state index contributed by atoms with van der Waals surface area (Å²) in [5.41, 5.74) is 3.79. The summed E-state index contributed by atoms with van der Waals surface area (Å²) < 4.78 is 13.7. The van der Waals surface area contributed by atoms with Gasteiger partial charge in [-0.2, -0.15) is 0 Å². The van der Waals surface area contributed by atoms with Gasteiger partial charge in [-0.25, -0.2) is 4.39 Å². The zero-order valence-electron chi connectivity index (χ0n) is 17.7. The molecule has 4 nitrogen and oxygen atoms in total. The Morgan fingerprint density at radius 1 is 1.03 bits per heavy atom. The smallest absolute Gasteiger partial charge is 0.226 e. The van der Waals surface area contributed by atoms with Gasteiger partial charge in [0.25, 0.3) is 0 Å². The fourth-order valence-corrected chi connectivity index (χ4v) is 4.37. The van der Waals surface area contributed by atoms with Crippen LogP contribution in [0.25, 0.3) is 0 Å². The molecule has 30 heavy (non-hydrogen) atoms. The van der Waals surface area contributed by atoms with Gasteiger partial charge in [-0.1, -0.05) is 42.0 Å². The van der Waals surface area contributed by atoms with Crippen LogP contribution in [-0.2, 0) is 16.1 Å². The number of piperidine rings is 1. The molecular weight excluding hydrogens is 379 g/mol. The van der Waals surface area contributed by atoms with Crippen molar-refractivity contribution in [2.24, 2.45) is 11.8 Å². The van der Waals surface area contributed by atoms with E-state index in [9.17, 15) is 14.0 Å². The molecule has 2 amide bonds. The summed E-state index contributed by atoms with van der Waals surface area (Å²) >= 11 is 0. The highest BCUT2D eigenvalue weighted by molar-refractivity contribution is 5.84. The minimum absolute atomic E-state index is 0.00107. The van der Waals surface area contributed by atoms with E-state index in [1.165, 1.54) is 6.07 Å². The Kier molecular flexibility index (Phi) is 5.89. The van der Waals surface area contributed by atoms with Gasteiger partial charge in [-0.05, 0) is 62.3 Å². The van der Waals surface area contributed by atoms with Crippen molar-refractivity contribution in [3.05, 3.63) is 70.5 Å². The van der Waals surface area contributed by atoms with Gasteiger partial charge in [0.15, 0.2) is 0 Å². The van der Waals surface area contributed by atoms with Gasteiger partial charge in [0.05, 0.1) is 12.0 Å². The number of carbonyl (C=O) groups excluding carboxylic acids is 2. The van der Waals surface area contributed by atoms with Crippen LogP contribution in [0.4, 0.5) is 4.39 Å². The highest BCUT2D eigenvalue weighted by Gasteiger charge is 2.41. The maximum Gasteiger partial charge on any atom is 0.226 e. The Morgan fingerprint density at radius 3 is 2.50 bits per heavy atom. The number of halogens is 1. The second kappa shape index (κ2) is 8.58. The van der Waals surface area contributed by atoms with Crippen molar-refractivity contribution in [2.75, 3.05) is 6.54 Å². The SMILES string of the molecule is Cc1cccc(CNC(=O)[C@@H]2CC[C@H](c3ccc(F)c(C)c3)N(C(=O)C3CC3)C2)c1. The van der Waals surface area contributed by atoms with Gasteiger partial charge in [0.1, 0.15) is 5.82 Å². The second-order valence-electron chi connectivity index (χ2n) is 8.77. The van der Waals surface area contributed by atoms with Crippen LogP contribution in [0.15, 0.2) is 42.5 Å². The molecule has 1 heterocycles. The standard InChI is InChI=1S/C25H29FN2O2/c1-16-4-3-5-18(12-16)14-27-24(29)21-9-11-23(20-8-10-22(26)17(2)13-20)28(15-21)25(30)19-6-7-19/h3-5,8,10,12-13,19,21,23H,6-7,9,11,14-15H2,1-2H3,(H,27,29)/t21-,23-/m1/s1. The number of hydrogen-bond donors (Lipinski definition) is 1. The van der Waals surface area contributed by atoms with Crippen molar-refractivity contribution in [3.63, 3.8) is 0 Å². The molecule has 0 aromatic heterocycles. The summed E-state index contributed by atoms with van der Waals surface area (Å²) in [7, 11) is 0. The fourth-order valence-electron chi connectivity index (χ4n) is 4.37. The summed E-state index contributed by atoms with van der Waals surface area (Å²) in [6.07, 6.45) is 3.28. The first-order valence-corrected chi connectivity index (χ1v) is 10.8. The zero-order valence-corrected chi connectivity index (χ0v) is 17.7. The van der Waals surface area contributed by atoms with Crippen molar-refractivity contribution in [2.45, 2.75) is 52.1 Å². The molecule has 1 N–H and O–H groups in total. The van der Waals surface area contributed by atoms with Crippen LogP contribution in [0.1, 0.15) is 54.0 Å². The van der Waals surface area contributed by atoms with E-state index in [-0.39, 0.29) is 35.5 Å². The van der Waals surface area contributed by atoms with Crippen molar-refractivity contribution in [1.29, 1.82) is 0 Å². The molecule has 0 unspecified atom stereocenters. The molecule has 0 radical (unpaired) electrons. The van der Waals surface area contributed by atoms with E-state index in [1.54, 1.807) is 13.0 Å². The number of carbonyl (C=O) groups is 2. The predicted molar refractivity (Wildman–Crippen MR) is 114 cm³/mol. The molecule has 1 saturated carbocycles.